The molecule has 54 heavy (non-hydrogen) atoms. The smallest absolute Gasteiger partial charge is 0.402 e. The van der Waals surface area contributed by atoms with Gasteiger partial charge in [0.05, 0.1) is 31.5 Å². The Hall–Kier alpha value is -3.26. The van der Waals surface area contributed by atoms with Gasteiger partial charge in [0, 0.05) is 12.1 Å². The molecule has 3 aliphatic heterocycles. The van der Waals surface area contributed by atoms with Crippen molar-refractivity contribution in [3.63, 3.8) is 0 Å². The minimum atomic E-state index is -1.94. The van der Waals surface area contributed by atoms with Crippen LogP contribution in [-0.4, -0.2) is 178 Å². The molecule has 3 saturated heterocycles. The second kappa shape index (κ2) is 17.3. The quantitative estimate of drug-likeness (QED) is 0.0848. The number of phenols is 2. The lowest BCUT2D eigenvalue weighted by molar-refractivity contribution is -0.357. The van der Waals surface area contributed by atoms with Crippen LogP contribution in [0.4, 0.5) is 0 Å². The number of halogens is 1. The average Bonchev–Trinajstić information content (AvgIpc) is 3.14. The molecule has 3 aliphatic rings. The van der Waals surface area contributed by atoms with Gasteiger partial charge >= 0.3 is 11.3 Å². The molecule has 0 spiro atoms. The monoisotopic (exact) mass is 792 g/mol. The largest absolute Gasteiger partial charge is 1.00 e. The van der Waals surface area contributed by atoms with Gasteiger partial charge < -0.3 is 107 Å². The van der Waals surface area contributed by atoms with Gasteiger partial charge in [-0.05, 0) is 24.3 Å². The van der Waals surface area contributed by atoms with E-state index in [0.29, 0.717) is 0 Å². The molecule has 15 atom stereocenters. The van der Waals surface area contributed by atoms with Crippen LogP contribution < -0.4 is 21.9 Å². The Labute approximate surface area is 311 Å². The molecular formula is C33H41ClO20. The highest BCUT2D eigenvalue weighted by Gasteiger charge is 2.52. The second-order valence-electron chi connectivity index (χ2n) is 12.8. The molecule has 0 unspecified atom stereocenters. The van der Waals surface area contributed by atoms with E-state index in [0.717, 1.165) is 6.07 Å². The minimum Gasteiger partial charge on any atom is -1.00 e. The fourth-order valence-electron chi connectivity index (χ4n) is 6.22. The van der Waals surface area contributed by atoms with Gasteiger partial charge in [0.15, 0.2) is 12.4 Å². The summed E-state index contributed by atoms with van der Waals surface area (Å²) < 4.78 is 40.6. The molecule has 2 aromatic carbocycles. The van der Waals surface area contributed by atoms with Crippen LogP contribution in [-0.2, 0) is 18.9 Å². The third kappa shape index (κ3) is 8.15. The molecule has 21 heteroatoms. The van der Waals surface area contributed by atoms with Gasteiger partial charge in [-0.1, -0.05) is 0 Å². The SMILES string of the molecule is OC[C@H]1O[C@@H](Oc2cc(O)cc3[o+]c(-c4ccc(O)cc4)c(O[C@@H]4O[C@H](CO)[C@@H](O)[C@H](O)[C@H]4O[C@@H]4O[C@H](CO)[C@@H](O)[C@H](O)[C@H]4O)cc23)[C@H](O)[C@@H](O)[C@@H]1O.[Cl-]. The van der Waals surface area contributed by atoms with E-state index >= 15 is 0 Å². The Morgan fingerprint density at radius 1 is 0.537 bits per heavy atom. The topological polar surface area (TPSA) is 330 Å². The van der Waals surface area contributed by atoms with Gasteiger partial charge in [0.2, 0.25) is 18.3 Å². The number of aliphatic hydroxyl groups is 11. The van der Waals surface area contributed by atoms with E-state index in [2.05, 4.69) is 0 Å². The Morgan fingerprint density at radius 3 is 1.61 bits per heavy atom. The van der Waals surface area contributed by atoms with Crippen molar-refractivity contribution >= 4 is 11.0 Å². The first-order valence-corrected chi connectivity index (χ1v) is 16.4. The molecule has 20 nitrogen and oxygen atoms in total. The van der Waals surface area contributed by atoms with Gasteiger partial charge in [-0.3, -0.25) is 0 Å². The molecule has 0 aliphatic carbocycles. The molecule has 0 amide bonds. The number of phenolic OH excluding ortho intramolecular Hbond substituents is 2. The van der Waals surface area contributed by atoms with Gasteiger partial charge in [0.1, 0.15) is 89.8 Å². The number of aliphatic hydroxyl groups excluding tert-OH is 11. The Bertz CT molecular complexity index is 1700. The first-order chi connectivity index (χ1) is 25.3. The van der Waals surface area contributed by atoms with E-state index < -0.39 is 118 Å². The van der Waals surface area contributed by atoms with E-state index in [9.17, 15) is 66.4 Å². The molecule has 6 rings (SSSR count). The highest BCUT2D eigenvalue weighted by Crippen LogP contribution is 2.42. The normalized spacial score (nSPS) is 37.1. The maximum Gasteiger partial charge on any atom is 0.402 e. The summed E-state index contributed by atoms with van der Waals surface area (Å²) in [6, 6.07) is 9.07. The van der Waals surface area contributed by atoms with Crippen molar-refractivity contribution in [1.82, 2.24) is 0 Å². The maximum atomic E-state index is 11.2. The number of hydrogen-bond acceptors (Lipinski definition) is 19. The molecular weight excluding hydrogens is 752 g/mol. The van der Waals surface area contributed by atoms with Crippen LogP contribution in [0, 0.1) is 0 Å². The standard InChI is InChI=1S/C33H40O20.ClH/c34-8-18-21(39)24(42)27(45)31(50-18)48-16-6-13(38)5-15-14(16)7-17(29(47-15)11-1-3-12(37)4-2-11)49-33-30(26(44)23(41)20(10-36)52-33)53-32-28(46)25(43)22(40)19(9-35)51-32;/h1-7,18-28,30-36,39-46H,8-10H2,(H-,37,38);1H/t18-,19-,20-,21-,22-,23-,24+,25+,26+,27-,28-,30-,31-,32+,33-;/m1./s1. The van der Waals surface area contributed by atoms with Crippen molar-refractivity contribution in [3.05, 3.63) is 42.5 Å². The predicted octanol–water partition coefficient (Wildman–Crippen LogP) is -7.02. The van der Waals surface area contributed by atoms with E-state index in [1.807, 2.05) is 0 Å². The zero-order valence-corrected chi connectivity index (χ0v) is 28.6. The van der Waals surface area contributed by atoms with Crippen molar-refractivity contribution < 1.29 is 112 Å². The molecule has 1 aromatic heterocycles. The fourth-order valence-corrected chi connectivity index (χ4v) is 6.22. The first-order valence-electron chi connectivity index (χ1n) is 16.4. The van der Waals surface area contributed by atoms with E-state index in [-0.39, 0.29) is 51.9 Å². The molecule has 3 aromatic rings. The zero-order chi connectivity index (χ0) is 38.3. The van der Waals surface area contributed by atoms with Crippen molar-refractivity contribution in [2.75, 3.05) is 19.8 Å². The Balaban J connectivity index is 0.00000561. The lowest BCUT2D eigenvalue weighted by Crippen LogP contribution is -3.00. The van der Waals surface area contributed by atoms with Crippen LogP contribution in [0.3, 0.4) is 0 Å². The molecule has 0 saturated carbocycles. The van der Waals surface area contributed by atoms with Gasteiger partial charge in [0.25, 0.3) is 0 Å². The van der Waals surface area contributed by atoms with Crippen LogP contribution >= 0.6 is 0 Å². The van der Waals surface area contributed by atoms with E-state index in [4.69, 9.17) is 32.8 Å². The summed E-state index contributed by atoms with van der Waals surface area (Å²) in [5.74, 6) is -1.09. The lowest BCUT2D eigenvalue weighted by Gasteiger charge is -2.45. The summed E-state index contributed by atoms with van der Waals surface area (Å²) >= 11 is 0. The van der Waals surface area contributed by atoms with Crippen LogP contribution in [0.15, 0.2) is 46.9 Å². The molecule has 3 fully saturated rings. The fraction of sp³-hybridized carbons (Fsp3) is 0.545. The number of benzene rings is 2. The number of fused-ring (bicyclic) bond motifs is 1. The highest BCUT2D eigenvalue weighted by atomic mass is 35.5. The van der Waals surface area contributed by atoms with Gasteiger partial charge in [-0.15, -0.1) is 0 Å². The van der Waals surface area contributed by atoms with Crippen LogP contribution in [0.1, 0.15) is 0 Å². The predicted molar refractivity (Wildman–Crippen MR) is 171 cm³/mol. The van der Waals surface area contributed by atoms with E-state index in [1.165, 1.54) is 36.4 Å². The molecule has 0 bridgehead atoms. The van der Waals surface area contributed by atoms with Crippen molar-refractivity contribution in [2.45, 2.75) is 92.1 Å². The summed E-state index contributed by atoms with van der Waals surface area (Å²) in [6.07, 6.45) is -25.9. The summed E-state index contributed by atoms with van der Waals surface area (Å²) in [4.78, 5) is 0. The highest BCUT2D eigenvalue weighted by molar-refractivity contribution is 5.88. The second-order valence-corrected chi connectivity index (χ2v) is 12.8. The molecule has 4 heterocycles. The number of ether oxygens (including phenoxy) is 6. The lowest BCUT2D eigenvalue weighted by atomic mass is 9.97. The summed E-state index contributed by atoms with van der Waals surface area (Å²) in [7, 11) is 0. The zero-order valence-electron chi connectivity index (χ0n) is 27.9. The number of hydrogen-bond donors (Lipinski definition) is 13. The van der Waals surface area contributed by atoms with Crippen LogP contribution in [0.25, 0.3) is 22.3 Å². The molecule has 0 radical (unpaired) electrons. The summed E-state index contributed by atoms with van der Waals surface area (Å²) in [6.45, 7) is -2.38. The number of aromatic hydroxyl groups is 2. The third-order valence-corrected chi connectivity index (χ3v) is 9.23. The minimum absolute atomic E-state index is 0. The maximum absolute atomic E-state index is 11.2. The van der Waals surface area contributed by atoms with E-state index in [1.54, 1.807) is 0 Å². The van der Waals surface area contributed by atoms with Crippen LogP contribution in [0.5, 0.6) is 23.0 Å². The summed E-state index contributed by atoms with van der Waals surface area (Å²) in [5.41, 5.74) is 0.198. The summed E-state index contributed by atoms with van der Waals surface area (Å²) in [5, 5.41) is 134. The molecule has 300 valence electrons. The average molecular weight is 793 g/mol. The molecule has 13 N–H and O–H groups in total. The van der Waals surface area contributed by atoms with Crippen LogP contribution in [0.2, 0.25) is 0 Å². The first kappa shape index (κ1) is 41.9. The third-order valence-electron chi connectivity index (χ3n) is 9.23. The van der Waals surface area contributed by atoms with Crippen molar-refractivity contribution in [1.29, 1.82) is 0 Å². The van der Waals surface area contributed by atoms with Gasteiger partial charge in [-0.25, -0.2) is 4.42 Å². The van der Waals surface area contributed by atoms with Gasteiger partial charge in [-0.2, -0.15) is 0 Å². The van der Waals surface area contributed by atoms with Crippen molar-refractivity contribution in [2.24, 2.45) is 0 Å². The Kier molecular flexibility index (Phi) is 13.4. The Morgan fingerprint density at radius 2 is 1.04 bits per heavy atom. The number of rotatable bonds is 10. The van der Waals surface area contributed by atoms with Crippen molar-refractivity contribution in [3.8, 4) is 34.3 Å².